The maximum absolute atomic E-state index is 17.5. The zero-order valence-electron chi connectivity index (χ0n) is 51.4. The second-order valence-electron chi connectivity index (χ2n) is 24.4. The molecular weight excluding hydrogens is 1220 g/mol. The summed E-state index contributed by atoms with van der Waals surface area (Å²) in [6.45, 7) is -2.88. The van der Waals surface area contributed by atoms with Crippen molar-refractivity contribution in [3.05, 3.63) is 92.6 Å². The quantitative estimate of drug-likeness (QED) is 0.0160. The van der Waals surface area contributed by atoms with Crippen molar-refractivity contribution in [2.24, 2.45) is 0 Å². The summed E-state index contributed by atoms with van der Waals surface area (Å²) in [5.74, 6) is -8.22. The number of hydrogen-bond acceptors (Lipinski definition) is 15. The molecule has 3 aliphatic rings. The number of aromatic nitrogens is 1. The van der Waals surface area contributed by atoms with Crippen molar-refractivity contribution >= 4 is 104 Å². The number of nitrogens with zero attached hydrogens (tertiary/aromatic N) is 6. The fraction of sp³-hybridized carbons (Fsp3) is 0.517. The Labute approximate surface area is 522 Å². The lowest BCUT2D eigenvalue weighted by Gasteiger charge is -2.31. The van der Waals surface area contributed by atoms with E-state index in [2.05, 4.69) is 63.6 Å². The fourth-order valence-electron chi connectivity index (χ4n) is 10.2. The molecule has 1 saturated heterocycles. The summed E-state index contributed by atoms with van der Waals surface area (Å²) in [5, 5.41) is 11.2. The minimum Gasteiger partial charge on any atom is -0.494 e. The molecule has 0 bridgehead atoms. The molecule has 0 saturated carbocycles. The van der Waals surface area contributed by atoms with E-state index in [4.69, 9.17) is 9.57 Å². The topological polar surface area (TPSA) is 309 Å². The highest BCUT2D eigenvalue weighted by molar-refractivity contribution is 7.86. The van der Waals surface area contributed by atoms with Gasteiger partial charge in [-0.25, -0.2) is 4.79 Å². The average Bonchev–Trinajstić information content (AvgIpc) is 1.67. The number of aryl methyl sites for hydroxylation is 1. The molecule has 89 heavy (non-hydrogen) atoms. The lowest BCUT2D eigenvalue weighted by atomic mass is 9.88. The Morgan fingerprint density at radius 3 is 2.00 bits per heavy atom. The first-order valence-corrected chi connectivity index (χ1v) is 33.5. The molecule has 0 spiro atoms. The first kappa shape index (κ1) is 71.1. The number of ether oxygens (including phenoxy) is 1. The molecule has 3 aliphatic heterocycles. The van der Waals surface area contributed by atoms with Gasteiger partial charge in [-0.15, -0.1) is 16.4 Å². The van der Waals surface area contributed by atoms with Crippen LogP contribution in [0.2, 0.25) is 0 Å². The van der Waals surface area contributed by atoms with Gasteiger partial charge in [0.2, 0.25) is 23.6 Å². The molecule has 5 heterocycles. The fourth-order valence-corrected chi connectivity index (χ4v) is 12.2. The zero-order chi connectivity index (χ0) is 65.5. The summed E-state index contributed by atoms with van der Waals surface area (Å²) in [6.07, 6.45) is 11.5. The van der Waals surface area contributed by atoms with Gasteiger partial charge in [0.1, 0.15) is 29.3 Å². The smallest absolute Gasteiger partial charge is 0.494 e. The second kappa shape index (κ2) is 31.2. The monoisotopic (exact) mass is 1300 g/mol. The van der Waals surface area contributed by atoms with E-state index in [1.165, 1.54) is 20.3 Å². The largest absolute Gasteiger partial charge is 0.737 e. The maximum atomic E-state index is 17.5. The number of hydrogen-bond donors (Lipinski definition) is 6. The third kappa shape index (κ3) is 22.5. The van der Waals surface area contributed by atoms with Gasteiger partial charge < -0.3 is 62.3 Å². The molecule has 6 amide bonds. The molecule has 25 nitrogen and oxygen atoms in total. The number of imide groups is 1. The summed E-state index contributed by atoms with van der Waals surface area (Å²) < 4.78 is 111. The molecule has 2 unspecified atom stereocenters. The highest BCUT2D eigenvalue weighted by Gasteiger charge is 2.55. The van der Waals surface area contributed by atoms with E-state index in [1.807, 2.05) is 35.7 Å². The summed E-state index contributed by atoms with van der Waals surface area (Å²) in [5.41, 5.74) is 4.30. The van der Waals surface area contributed by atoms with Crippen LogP contribution in [0.1, 0.15) is 98.0 Å². The van der Waals surface area contributed by atoms with E-state index < -0.39 is 98.8 Å². The van der Waals surface area contributed by atoms with Crippen molar-refractivity contribution in [2.75, 3.05) is 107 Å². The van der Waals surface area contributed by atoms with Crippen LogP contribution in [0.15, 0.2) is 65.2 Å². The minimum absolute atomic E-state index is 0.0157. The first-order valence-electron chi connectivity index (χ1n) is 29.4. The Bertz CT molecular complexity index is 3420. The molecule has 6 rings (SSSR count). The third-order valence-corrected chi connectivity index (χ3v) is 17.0. The van der Waals surface area contributed by atoms with Crippen LogP contribution in [-0.4, -0.2) is 227 Å². The van der Waals surface area contributed by atoms with E-state index in [-0.39, 0.29) is 51.8 Å². The molecule has 2 atom stereocenters. The maximum Gasteiger partial charge on any atom is 0.737 e. The van der Waals surface area contributed by atoms with Gasteiger partial charge in [0.05, 0.1) is 73.4 Å². The van der Waals surface area contributed by atoms with Crippen LogP contribution >= 0.6 is 11.3 Å². The number of thiophene rings is 1. The normalized spacial score (nSPS) is 15.8. The van der Waals surface area contributed by atoms with Crippen molar-refractivity contribution in [1.29, 1.82) is 0 Å². The Hall–Kier alpha value is -7.00. The van der Waals surface area contributed by atoms with Gasteiger partial charge in [-0.1, -0.05) is 30.7 Å². The van der Waals surface area contributed by atoms with Crippen molar-refractivity contribution in [2.45, 2.75) is 89.1 Å². The van der Waals surface area contributed by atoms with Crippen LogP contribution in [0.25, 0.3) is 18.2 Å². The Morgan fingerprint density at radius 2 is 1.39 bits per heavy atom. The number of carbonyl (C=O) groups is 7. The Kier molecular flexibility index (Phi) is 24.9. The summed E-state index contributed by atoms with van der Waals surface area (Å²) in [6, 6.07) is 8.67. The molecule has 488 valence electrons. The van der Waals surface area contributed by atoms with Gasteiger partial charge in [0.15, 0.2) is 11.4 Å². The number of quaternary nitrogens is 2. The van der Waals surface area contributed by atoms with Gasteiger partial charge in [0, 0.05) is 80.7 Å². The van der Waals surface area contributed by atoms with E-state index in [1.54, 1.807) is 48.4 Å². The number of carbonyl (C=O) groups excluding carboxylic acids is 7. The number of benzene rings is 1. The molecule has 0 radical (unpaired) electrons. The van der Waals surface area contributed by atoms with Gasteiger partial charge in [-0.05, 0) is 92.5 Å². The van der Waals surface area contributed by atoms with Gasteiger partial charge in [-0.3, -0.25) is 37.9 Å². The van der Waals surface area contributed by atoms with Crippen molar-refractivity contribution in [3.8, 4) is 5.75 Å². The highest BCUT2D eigenvalue weighted by atomic mass is 32.2. The number of unbranched alkanes of at least 4 members (excludes halogenated alkanes) is 2. The number of rotatable bonds is 36. The van der Waals surface area contributed by atoms with E-state index in [0.29, 0.717) is 77.8 Å². The number of likely N-dealkylation sites (N-methyl/N-ethyl adjacent to an activating group) is 1. The number of halogens is 2. The third-order valence-electron chi connectivity index (χ3n) is 14.6. The molecule has 3 aromatic rings. The SMILES string of the molecule is CN(CCCCCC(=O)ON1C(=O)CCC1=O)CCNC(=O)C(CS(=O)(=O)O)NC(=O)CNC(=O)C(CS(=O)(=O)O)NC(=O)CCCOc1ccc(/C=C/c2cc(CCC[N+](C)(C)C)c3n2[B-](F)(F)[N+]2=C(c4cccs4)C=C(CCC[N+](C)(C)C)C2=C3)cc1. The average molecular weight is 1310 g/mol. The standard InChI is InChI=1S/C58H81BF2N10O15S3/c1-66(29-10-8-9-19-56(76)86-69-54(74)26-27-55(69)75)30-28-62-57(77)46(39-88(79,80)81)65-53(73)38-63-58(78)47(40-89(82,83)84)64-52(72)18-13-33-85-45-24-21-41(22-25-45)20-23-44-35-42(15-11-31-70(2,3)4)48-37-49-43(16-12-32-71(5,6)7)36-50(51-17-14-34-87-51)68(49)59(60,61)67(44)48/h14,17,20-25,34-37,46-47H,8-13,15-16,18-19,26-33,38-40H2,1-7H3,(H4-2,62,63,64,65,72,73,77,78,79,80,81,82,83,84)/p+2/b23-20+. The van der Waals surface area contributed by atoms with Crippen LogP contribution in [0.4, 0.5) is 8.63 Å². The molecular formula is C58H83BF2N10O15S3+2. The van der Waals surface area contributed by atoms with Crippen LogP contribution in [0.5, 0.6) is 5.75 Å². The number of amides is 6. The summed E-state index contributed by atoms with van der Waals surface area (Å²) in [4.78, 5) is 94.6. The Morgan fingerprint density at radius 1 is 0.775 bits per heavy atom. The van der Waals surface area contributed by atoms with E-state index in [0.717, 1.165) is 50.9 Å². The van der Waals surface area contributed by atoms with Crippen molar-refractivity contribution < 1.29 is 91.2 Å². The minimum atomic E-state index is -4.89. The highest BCUT2D eigenvalue weighted by Crippen LogP contribution is 2.41. The molecule has 6 N–H and O–H groups in total. The van der Waals surface area contributed by atoms with Crippen molar-refractivity contribution in [3.63, 3.8) is 0 Å². The van der Waals surface area contributed by atoms with Gasteiger partial charge >= 0.3 is 12.9 Å². The van der Waals surface area contributed by atoms with E-state index >= 15 is 8.63 Å². The molecule has 2 aromatic heterocycles. The van der Waals surface area contributed by atoms with E-state index in [9.17, 15) is 59.5 Å². The predicted octanol–water partition coefficient (Wildman–Crippen LogP) is 3.10. The summed E-state index contributed by atoms with van der Waals surface area (Å²) >= 11 is 1.42. The number of hydroxylamine groups is 2. The first-order chi connectivity index (χ1) is 41.7. The van der Waals surface area contributed by atoms with Crippen LogP contribution in [0, 0.1) is 0 Å². The predicted molar refractivity (Wildman–Crippen MR) is 332 cm³/mol. The number of fused-ring (bicyclic) bond motifs is 2. The second-order valence-corrected chi connectivity index (χ2v) is 28.3. The molecule has 0 aliphatic carbocycles. The van der Waals surface area contributed by atoms with Crippen LogP contribution in [0.3, 0.4) is 0 Å². The lowest BCUT2D eigenvalue weighted by Crippen LogP contribution is -2.55. The van der Waals surface area contributed by atoms with Gasteiger partial charge in [0.25, 0.3) is 32.1 Å². The lowest BCUT2D eigenvalue weighted by molar-refractivity contribution is -0.870. The van der Waals surface area contributed by atoms with Crippen LogP contribution in [-0.2, 0) is 65.1 Å². The number of allylic oxidation sites excluding steroid dienone is 2. The van der Waals surface area contributed by atoms with Crippen LogP contribution < -0.4 is 26.0 Å². The molecule has 31 heteroatoms. The number of nitrogens with one attached hydrogen (secondary N) is 4. The molecule has 1 fully saturated rings. The molecule has 1 aromatic carbocycles. The Balaban J connectivity index is 0.983. The zero-order valence-corrected chi connectivity index (χ0v) is 53.8. The summed E-state index contributed by atoms with van der Waals surface area (Å²) in [7, 11) is 4.63. The van der Waals surface area contributed by atoms with Crippen molar-refractivity contribution in [1.82, 2.24) is 35.7 Å². The van der Waals surface area contributed by atoms with Gasteiger partial charge in [-0.2, -0.15) is 16.8 Å².